The van der Waals surface area contributed by atoms with Crippen molar-refractivity contribution in [2.45, 2.75) is 31.9 Å². The molecule has 1 aliphatic rings. The highest BCUT2D eigenvalue weighted by molar-refractivity contribution is 5.82. The van der Waals surface area contributed by atoms with Gasteiger partial charge in [-0.3, -0.25) is 4.79 Å². The fraction of sp³-hybridized carbons (Fsp3) is 0.562. The second-order valence-electron chi connectivity index (χ2n) is 5.80. The minimum absolute atomic E-state index is 0.0305. The number of phenolic OH excluding ortho intramolecular Hbond substituents is 1. The first-order valence-corrected chi connectivity index (χ1v) is 7.36. The molecule has 1 aromatic carbocycles. The summed E-state index contributed by atoms with van der Waals surface area (Å²) < 4.78 is 5.43. The summed E-state index contributed by atoms with van der Waals surface area (Å²) in [6.07, 6.45) is 1.50. The lowest BCUT2D eigenvalue weighted by Crippen LogP contribution is -2.52. The van der Waals surface area contributed by atoms with Gasteiger partial charge in [-0.05, 0) is 36.5 Å². The van der Waals surface area contributed by atoms with Crippen LogP contribution < -0.4 is 5.73 Å². The van der Waals surface area contributed by atoms with E-state index in [-0.39, 0.29) is 17.8 Å². The van der Waals surface area contributed by atoms with Crippen LogP contribution in [0.4, 0.5) is 0 Å². The van der Waals surface area contributed by atoms with Crippen molar-refractivity contribution < 1.29 is 14.6 Å². The van der Waals surface area contributed by atoms with Gasteiger partial charge in [0.25, 0.3) is 0 Å². The van der Waals surface area contributed by atoms with E-state index in [4.69, 9.17) is 10.5 Å². The molecule has 0 aromatic heterocycles. The quantitative estimate of drug-likeness (QED) is 0.873. The first-order chi connectivity index (χ1) is 10.0. The second-order valence-corrected chi connectivity index (χ2v) is 5.80. The topological polar surface area (TPSA) is 75.8 Å². The van der Waals surface area contributed by atoms with Crippen molar-refractivity contribution in [1.82, 2.24) is 4.90 Å². The third-order valence-electron chi connectivity index (χ3n) is 4.21. The number of carbonyl (C=O) groups is 1. The number of hydrogen-bond acceptors (Lipinski definition) is 4. The number of nitrogens with zero attached hydrogens (tertiary/aromatic N) is 1. The molecular formula is C16H24N2O3. The van der Waals surface area contributed by atoms with Gasteiger partial charge < -0.3 is 20.5 Å². The third-order valence-corrected chi connectivity index (χ3v) is 4.21. The number of ether oxygens (including phenoxy) is 1. The number of phenols is 1. The van der Waals surface area contributed by atoms with Crippen LogP contribution in [-0.2, 0) is 16.0 Å². The number of likely N-dealkylation sites (tertiary alicyclic amines) is 1. The van der Waals surface area contributed by atoms with Crippen molar-refractivity contribution in [3.8, 4) is 5.75 Å². The van der Waals surface area contributed by atoms with Gasteiger partial charge in [0.05, 0.1) is 12.1 Å². The fourth-order valence-electron chi connectivity index (χ4n) is 2.75. The van der Waals surface area contributed by atoms with Crippen LogP contribution in [0.15, 0.2) is 24.3 Å². The van der Waals surface area contributed by atoms with Gasteiger partial charge in [-0.25, -0.2) is 0 Å². The van der Waals surface area contributed by atoms with Crippen molar-refractivity contribution in [3.63, 3.8) is 0 Å². The zero-order valence-electron chi connectivity index (χ0n) is 12.7. The molecule has 2 rings (SSSR count). The number of nitrogens with two attached hydrogens (primary N) is 1. The van der Waals surface area contributed by atoms with E-state index in [1.165, 1.54) is 0 Å². The van der Waals surface area contributed by atoms with Crippen molar-refractivity contribution in [2.75, 3.05) is 20.2 Å². The average Bonchev–Trinajstić information content (AvgIpc) is 2.49. The normalized spacial score (nSPS) is 23.9. The van der Waals surface area contributed by atoms with E-state index in [9.17, 15) is 9.90 Å². The van der Waals surface area contributed by atoms with E-state index < -0.39 is 6.04 Å². The molecule has 1 fully saturated rings. The smallest absolute Gasteiger partial charge is 0.239 e. The Morgan fingerprint density at radius 3 is 2.76 bits per heavy atom. The van der Waals surface area contributed by atoms with E-state index in [2.05, 4.69) is 6.92 Å². The Kier molecular flexibility index (Phi) is 5.20. The molecule has 3 N–H and O–H groups in total. The molecule has 0 aliphatic carbocycles. The highest BCUT2D eigenvalue weighted by atomic mass is 16.5. The van der Waals surface area contributed by atoms with E-state index >= 15 is 0 Å². The summed E-state index contributed by atoms with van der Waals surface area (Å²) in [4.78, 5) is 14.2. The summed E-state index contributed by atoms with van der Waals surface area (Å²) in [6, 6.07) is 6.24. The molecule has 1 amide bonds. The molecule has 3 unspecified atom stereocenters. The molecule has 3 atom stereocenters. The Balaban J connectivity index is 1.94. The number of hydrogen-bond donors (Lipinski definition) is 2. The van der Waals surface area contributed by atoms with Crippen molar-refractivity contribution in [1.29, 1.82) is 0 Å². The molecule has 21 heavy (non-hydrogen) atoms. The summed E-state index contributed by atoms with van der Waals surface area (Å²) in [5, 5.41) is 9.26. The Hall–Kier alpha value is -1.59. The van der Waals surface area contributed by atoms with Gasteiger partial charge in [0.15, 0.2) is 0 Å². The maximum Gasteiger partial charge on any atom is 0.239 e. The first kappa shape index (κ1) is 15.8. The minimum Gasteiger partial charge on any atom is -0.508 e. The molecule has 1 saturated heterocycles. The summed E-state index contributed by atoms with van der Waals surface area (Å²) in [5.74, 6) is 0.649. The molecule has 1 aliphatic heterocycles. The number of piperidine rings is 1. The lowest BCUT2D eigenvalue weighted by molar-refractivity contribution is -0.137. The Labute approximate surface area is 125 Å². The number of amides is 1. The van der Waals surface area contributed by atoms with Crippen LogP contribution in [0.1, 0.15) is 18.9 Å². The molecule has 0 saturated carbocycles. The standard InChI is InChI=1S/C16H24N2O3/c1-11-7-8-18(10-15(11)21-2)16(20)14(17)9-12-3-5-13(19)6-4-12/h3-6,11,14-15,19H,7-10,17H2,1-2H3. The predicted molar refractivity (Wildman–Crippen MR) is 80.9 cm³/mol. The summed E-state index contributed by atoms with van der Waals surface area (Å²) >= 11 is 0. The second kappa shape index (κ2) is 6.91. The van der Waals surface area contributed by atoms with Gasteiger partial charge in [-0.1, -0.05) is 19.1 Å². The summed E-state index contributed by atoms with van der Waals surface area (Å²) in [7, 11) is 1.69. The zero-order chi connectivity index (χ0) is 15.4. The van der Waals surface area contributed by atoms with E-state index in [1.54, 1.807) is 36.3 Å². The lowest BCUT2D eigenvalue weighted by atomic mass is 9.95. The molecule has 0 radical (unpaired) electrons. The Bertz CT molecular complexity index is 475. The number of methoxy groups -OCH3 is 1. The van der Waals surface area contributed by atoms with Crippen molar-refractivity contribution >= 4 is 5.91 Å². The third kappa shape index (κ3) is 3.95. The largest absolute Gasteiger partial charge is 0.508 e. The number of aromatic hydroxyl groups is 1. The molecule has 1 heterocycles. The van der Waals surface area contributed by atoms with Gasteiger partial charge in [0, 0.05) is 20.2 Å². The van der Waals surface area contributed by atoms with Crippen LogP contribution >= 0.6 is 0 Å². The molecule has 5 nitrogen and oxygen atoms in total. The van der Waals surface area contributed by atoms with Crippen LogP contribution in [0.25, 0.3) is 0 Å². The predicted octanol–water partition coefficient (Wildman–Crippen LogP) is 1.15. The van der Waals surface area contributed by atoms with Gasteiger partial charge in [0.2, 0.25) is 5.91 Å². The minimum atomic E-state index is -0.555. The Morgan fingerprint density at radius 2 is 2.14 bits per heavy atom. The number of rotatable bonds is 4. The van der Waals surface area contributed by atoms with Crippen LogP contribution in [-0.4, -0.2) is 48.3 Å². The van der Waals surface area contributed by atoms with Gasteiger partial charge >= 0.3 is 0 Å². The van der Waals surface area contributed by atoms with E-state index in [0.29, 0.717) is 18.9 Å². The fourth-order valence-corrected chi connectivity index (χ4v) is 2.75. The SMILES string of the molecule is COC1CN(C(=O)C(N)Cc2ccc(O)cc2)CCC1C. The van der Waals surface area contributed by atoms with Crippen LogP contribution in [0.5, 0.6) is 5.75 Å². The van der Waals surface area contributed by atoms with E-state index in [0.717, 1.165) is 18.5 Å². The molecule has 5 heteroatoms. The van der Waals surface area contributed by atoms with Crippen LogP contribution in [0, 0.1) is 5.92 Å². The molecule has 116 valence electrons. The monoisotopic (exact) mass is 292 g/mol. The van der Waals surface area contributed by atoms with Crippen molar-refractivity contribution in [3.05, 3.63) is 29.8 Å². The summed E-state index contributed by atoms with van der Waals surface area (Å²) in [6.45, 7) is 3.50. The van der Waals surface area contributed by atoms with Crippen LogP contribution in [0.2, 0.25) is 0 Å². The molecular weight excluding hydrogens is 268 g/mol. The average molecular weight is 292 g/mol. The van der Waals surface area contributed by atoms with Gasteiger partial charge in [0.1, 0.15) is 5.75 Å². The zero-order valence-corrected chi connectivity index (χ0v) is 12.7. The highest BCUT2D eigenvalue weighted by Gasteiger charge is 2.30. The Morgan fingerprint density at radius 1 is 1.48 bits per heavy atom. The lowest BCUT2D eigenvalue weighted by Gasteiger charge is -2.37. The maximum absolute atomic E-state index is 12.4. The molecule has 0 spiro atoms. The molecule has 0 bridgehead atoms. The van der Waals surface area contributed by atoms with Crippen LogP contribution in [0.3, 0.4) is 0 Å². The first-order valence-electron chi connectivity index (χ1n) is 7.36. The number of carbonyl (C=O) groups excluding carboxylic acids is 1. The summed E-state index contributed by atoms with van der Waals surface area (Å²) in [5.41, 5.74) is 6.99. The highest BCUT2D eigenvalue weighted by Crippen LogP contribution is 2.20. The van der Waals surface area contributed by atoms with Gasteiger partial charge in [-0.2, -0.15) is 0 Å². The number of benzene rings is 1. The van der Waals surface area contributed by atoms with E-state index in [1.807, 2.05) is 0 Å². The van der Waals surface area contributed by atoms with Crippen molar-refractivity contribution in [2.24, 2.45) is 11.7 Å². The maximum atomic E-state index is 12.4. The molecule has 1 aromatic rings. The van der Waals surface area contributed by atoms with Gasteiger partial charge in [-0.15, -0.1) is 0 Å².